The van der Waals surface area contributed by atoms with Gasteiger partial charge in [0, 0.05) is 18.7 Å². The molecule has 27 heavy (non-hydrogen) atoms. The van der Waals surface area contributed by atoms with Gasteiger partial charge in [0.05, 0.1) is 5.69 Å². The number of amides is 1. The van der Waals surface area contributed by atoms with Crippen molar-refractivity contribution in [3.63, 3.8) is 0 Å². The molecule has 3 heterocycles. The van der Waals surface area contributed by atoms with Gasteiger partial charge in [0.1, 0.15) is 23.2 Å². The summed E-state index contributed by atoms with van der Waals surface area (Å²) in [4.78, 5) is 27.5. The van der Waals surface area contributed by atoms with Gasteiger partial charge in [-0.15, -0.1) is 0 Å². The molecule has 1 aliphatic heterocycles. The van der Waals surface area contributed by atoms with Gasteiger partial charge in [-0.3, -0.25) is 9.59 Å². The minimum Gasteiger partial charge on any atom is -0.466 e. The van der Waals surface area contributed by atoms with E-state index in [1.54, 1.807) is 13.0 Å². The molecule has 0 bridgehead atoms. The Balaban J connectivity index is 1.97. The molecule has 7 heteroatoms. The van der Waals surface area contributed by atoms with Crippen LogP contribution in [0.25, 0.3) is 11.3 Å². The smallest absolute Gasteiger partial charge is 0.290 e. The van der Waals surface area contributed by atoms with E-state index in [-0.39, 0.29) is 11.6 Å². The minimum atomic E-state index is -0.717. The number of hydrogen-bond donors (Lipinski definition) is 1. The molecule has 3 atom stereocenters. The number of rotatable bonds is 3. The predicted octanol–water partition coefficient (Wildman–Crippen LogP) is 2.77. The van der Waals surface area contributed by atoms with Crippen molar-refractivity contribution in [2.75, 3.05) is 18.8 Å². The number of carbonyl (C=O) groups excluding carboxylic acids is 1. The van der Waals surface area contributed by atoms with Crippen molar-refractivity contribution in [3.05, 3.63) is 34.0 Å². The summed E-state index contributed by atoms with van der Waals surface area (Å²) in [5.74, 6) is 2.24. The first-order valence-corrected chi connectivity index (χ1v) is 9.43. The molecule has 0 saturated carbocycles. The molecule has 2 aromatic heterocycles. The third-order valence-corrected chi connectivity index (χ3v) is 5.18. The van der Waals surface area contributed by atoms with Crippen LogP contribution in [-0.4, -0.2) is 33.7 Å². The monoisotopic (exact) mass is 372 g/mol. The third kappa shape index (κ3) is 3.77. The van der Waals surface area contributed by atoms with Crippen LogP contribution in [0.15, 0.2) is 21.3 Å². The molecule has 0 unspecified atom stereocenters. The summed E-state index contributed by atoms with van der Waals surface area (Å²) in [5.41, 5.74) is 6.87. The number of anilines is 1. The second-order valence-electron chi connectivity index (χ2n) is 7.93. The molecule has 2 aromatic rings. The molecule has 0 radical (unpaired) electrons. The zero-order valence-corrected chi connectivity index (χ0v) is 16.7. The molecular weight excluding hydrogens is 344 g/mol. The van der Waals surface area contributed by atoms with Gasteiger partial charge in [-0.25, -0.2) is 4.68 Å². The molecule has 1 amide bonds. The lowest BCUT2D eigenvalue weighted by atomic mass is 9.91. The van der Waals surface area contributed by atoms with E-state index in [9.17, 15) is 9.59 Å². The summed E-state index contributed by atoms with van der Waals surface area (Å²) in [6.07, 6.45) is 1.11. The topological polar surface area (TPSA) is 94.4 Å². The number of aromatic nitrogens is 2. The van der Waals surface area contributed by atoms with E-state index in [0.29, 0.717) is 36.4 Å². The SMILES string of the molecule is Cc1cc(-c2cc(N)c(=O)n([C@@H](C)C(=O)N3C[C@H](C)C[C@H](C)C3)n2)c(C)o1. The number of carbonyl (C=O) groups is 1. The van der Waals surface area contributed by atoms with E-state index in [1.807, 2.05) is 24.8 Å². The average molecular weight is 372 g/mol. The molecule has 146 valence electrons. The van der Waals surface area contributed by atoms with Gasteiger partial charge >= 0.3 is 0 Å². The van der Waals surface area contributed by atoms with Crippen molar-refractivity contribution in [2.24, 2.45) is 11.8 Å². The molecule has 1 saturated heterocycles. The Kier molecular flexibility index (Phi) is 5.13. The first-order chi connectivity index (χ1) is 12.7. The van der Waals surface area contributed by atoms with Crippen LogP contribution >= 0.6 is 0 Å². The van der Waals surface area contributed by atoms with Crippen LogP contribution in [-0.2, 0) is 4.79 Å². The minimum absolute atomic E-state index is 0.0679. The number of hydrogen-bond acceptors (Lipinski definition) is 5. The predicted molar refractivity (Wildman–Crippen MR) is 104 cm³/mol. The van der Waals surface area contributed by atoms with Gasteiger partial charge in [-0.1, -0.05) is 13.8 Å². The molecule has 0 aromatic carbocycles. The number of furan rings is 1. The van der Waals surface area contributed by atoms with Crippen molar-refractivity contribution in [1.29, 1.82) is 0 Å². The van der Waals surface area contributed by atoms with Gasteiger partial charge in [-0.2, -0.15) is 5.10 Å². The molecule has 7 nitrogen and oxygen atoms in total. The van der Waals surface area contributed by atoms with E-state index in [4.69, 9.17) is 10.2 Å². The Labute approximate surface area is 159 Å². The van der Waals surface area contributed by atoms with Gasteiger partial charge in [-0.05, 0) is 51.2 Å². The van der Waals surface area contributed by atoms with E-state index in [0.717, 1.165) is 17.7 Å². The number of nitrogens with two attached hydrogens (primary N) is 1. The number of aryl methyl sites for hydroxylation is 2. The van der Waals surface area contributed by atoms with Gasteiger partial charge < -0.3 is 15.1 Å². The summed E-state index contributed by atoms with van der Waals surface area (Å²) in [5, 5.41) is 4.45. The van der Waals surface area contributed by atoms with E-state index in [1.165, 1.54) is 4.68 Å². The van der Waals surface area contributed by atoms with Crippen molar-refractivity contribution >= 4 is 11.6 Å². The molecule has 1 aliphatic rings. The van der Waals surface area contributed by atoms with Gasteiger partial charge in [0.15, 0.2) is 0 Å². The number of nitrogen functional groups attached to an aromatic ring is 1. The molecular formula is C20H28N4O3. The first kappa shape index (κ1) is 19.2. The van der Waals surface area contributed by atoms with E-state index >= 15 is 0 Å². The molecule has 2 N–H and O–H groups in total. The maximum Gasteiger partial charge on any atom is 0.290 e. The highest BCUT2D eigenvalue weighted by molar-refractivity contribution is 5.80. The lowest BCUT2D eigenvalue weighted by molar-refractivity contribution is -0.137. The molecule has 0 aliphatic carbocycles. The zero-order chi connectivity index (χ0) is 19.9. The van der Waals surface area contributed by atoms with Crippen molar-refractivity contribution in [1.82, 2.24) is 14.7 Å². The fourth-order valence-corrected chi connectivity index (χ4v) is 4.02. The van der Waals surface area contributed by atoms with Gasteiger partial charge in [0.25, 0.3) is 5.56 Å². The fraction of sp³-hybridized carbons (Fsp3) is 0.550. The number of nitrogens with zero attached hydrogens (tertiary/aromatic N) is 3. The lowest BCUT2D eigenvalue weighted by Gasteiger charge is -2.36. The molecule has 1 fully saturated rings. The van der Waals surface area contributed by atoms with E-state index < -0.39 is 11.6 Å². The quantitative estimate of drug-likeness (QED) is 0.894. The summed E-state index contributed by atoms with van der Waals surface area (Å²) >= 11 is 0. The largest absolute Gasteiger partial charge is 0.466 e. The highest BCUT2D eigenvalue weighted by atomic mass is 16.3. The second-order valence-corrected chi connectivity index (χ2v) is 7.93. The van der Waals surface area contributed by atoms with Crippen LogP contribution in [0.3, 0.4) is 0 Å². The normalized spacial score (nSPS) is 21.3. The maximum atomic E-state index is 13.0. The fourth-order valence-electron chi connectivity index (χ4n) is 4.02. The molecule has 0 spiro atoms. The third-order valence-electron chi connectivity index (χ3n) is 5.18. The number of likely N-dealkylation sites (tertiary alicyclic amines) is 1. The van der Waals surface area contributed by atoms with Crippen molar-refractivity contribution in [3.8, 4) is 11.3 Å². The highest BCUT2D eigenvalue weighted by Crippen LogP contribution is 2.26. The highest BCUT2D eigenvalue weighted by Gasteiger charge is 2.30. The Morgan fingerprint density at radius 1 is 1.26 bits per heavy atom. The Hall–Kier alpha value is -2.57. The van der Waals surface area contributed by atoms with Crippen LogP contribution in [0.5, 0.6) is 0 Å². The zero-order valence-electron chi connectivity index (χ0n) is 16.7. The van der Waals surface area contributed by atoms with Crippen molar-refractivity contribution < 1.29 is 9.21 Å². The van der Waals surface area contributed by atoms with Crippen LogP contribution < -0.4 is 11.3 Å². The lowest BCUT2D eigenvalue weighted by Crippen LogP contribution is -2.47. The average Bonchev–Trinajstić information content (AvgIpc) is 2.93. The van der Waals surface area contributed by atoms with E-state index in [2.05, 4.69) is 18.9 Å². The van der Waals surface area contributed by atoms with Crippen LogP contribution in [0.4, 0.5) is 5.69 Å². The summed E-state index contributed by atoms with van der Waals surface area (Å²) in [7, 11) is 0. The number of piperidine rings is 1. The van der Waals surface area contributed by atoms with Crippen LogP contribution in [0.2, 0.25) is 0 Å². The Morgan fingerprint density at radius 3 is 2.44 bits per heavy atom. The van der Waals surface area contributed by atoms with Crippen LogP contribution in [0.1, 0.15) is 44.8 Å². The standard InChI is InChI=1S/C20H28N4O3/c1-11-6-12(2)10-23(9-11)19(25)14(4)24-20(26)17(21)8-18(22-24)16-7-13(3)27-15(16)5/h7-8,11-12,14H,6,9-10,21H2,1-5H3/t11-,12+,14-/m0/s1. The van der Waals surface area contributed by atoms with Crippen LogP contribution in [0, 0.1) is 25.7 Å². The van der Waals surface area contributed by atoms with Crippen molar-refractivity contribution in [2.45, 2.75) is 47.1 Å². The maximum absolute atomic E-state index is 13.0. The Morgan fingerprint density at radius 2 is 1.89 bits per heavy atom. The Bertz CT molecular complexity index is 904. The second kappa shape index (κ2) is 7.21. The first-order valence-electron chi connectivity index (χ1n) is 9.43. The van der Waals surface area contributed by atoms with Gasteiger partial charge in [0.2, 0.25) is 5.91 Å². The summed E-state index contributed by atoms with van der Waals surface area (Å²) in [6, 6.07) is 2.68. The summed E-state index contributed by atoms with van der Waals surface area (Å²) < 4.78 is 6.77. The molecule has 3 rings (SSSR count). The summed E-state index contributed by atoms with van der Waals surface area (Å²) in [6.45, 7) is 11.1.